The molecular formula is C26H32O5S. The lowest BCUT2D eigenvalue weighted by molar-refractivity contribution is -0.133. The molecule has 0 N–H and O–H groups in total. The normalized spacial score (nSPS) is 38.2. The third-order valence-corrected chi connectivity index (χ3v) is 10.00. The zero-order valence-corrected chi connectivity index (χ0v) is 19.5. The van der Waals surface area contributed by atoms with Gasteiger partial charge in [0.25, 0.3) is 10.1 Å². The number of benzene rings is 1. The van der Waals surface area contributed by atoms with Gasteiger partial charge in [0.2, 0.25) is 0 Å². The number of aryl methyl sites for hydroxylation is 1. The molecule has 6 heteroatoms. The Morgan fingerprint density at radius 3 is 2.53 bits per heavy atom. The van der Waals surface area contributed by atoms with Gasteiger partial charge in [-0.15, -0.1) is 0 Å². The van der Waals surface area contributed by atoms with E-state index in [4.69, 9.17) is 6.92 Å². The summed E-state index contributed by atoms with van der Waals surface area (Å²) in [6.45, 7) is 1.37. The minimum atomic E-state index is -4.37. The Bertz CT molecular complexity index is 1170. The van der Waals surface area contributed by atoms with E-state index in [1.807, 2.05) is 6.92 Å². The topological polar surface area (TPSA) is 77.5 Å². The molecular weight excluding hydrogens is 424 g/mol. The molecule has 4 aliphatic carbocycles. The summed E-state index contributed by atoms with van der Waals surface area (Å²) in [5.41, 5.74) is -0.00504. The van der Waals surface area contributed by atoms with E-state index in [-0.39, 0.29) is 46.7 Å². The monoisotopic (exact) mass is 458 g/mol. The summed E-state index contributed by atoms with van der Waals surface area (Å²) in [7, 11) is -4.37. The summed E-state index contributed by atoms with van der Waals surface area (Å²) in [5.74, 6) is 0.354. The van der Waals surface area contributed by atoms with Gasteiger partial charge in [0.15, 0.2) is 5.78 Å². The molecule has 1 aromatic carbocycles. The standard InChI is InChI=1S/C26H32O5S/c1-17-3-6-20(7-4-17)32(29,30)31-16-26-14-11-19(27)15-18(26)5-8-21-22-9-10-24(28)25(22,2)13-12-23(21)26/h3-4,6-7,15,21-23H,5,8-14,16H2,1-2H3/t21-,22-,23-,25-,26+/m1/s1/i16D2. The van der Waals surface area contributed by atoms with E-state index in [2.05, 4.69) is 6.92 Å². The summed E-state index contributed by atoms with van der Waals surface area (Å²) in [6, 6.07) is 6.17. The maximum atomic E-state index is 13.2. The largest absolute Gasteiger partial charge is 0.299 e. The lowest BCUT2D eigenvalue weighted by Crippen LogP contribution is -2.53. The van der Waals surface area contributed by atoms with Gasteiger partial charge in [0.1, 0.15) is 5.78 Å². The molecule has 0 spiro atoms. The molecule has 0 aliphatic heterocycles. The van der Waals surface area contributed by atoms with Crippen LogP contribution in [-0.4, -0.2) is 26.5 Å². The first-order valence-electron chi connectivity index (χ1n) is 12.7. The van der Waals surface area contributed by atoms with Crippen LogP contribution in [-0.2, 0) is 23.9 Å². The van der Waals surface area contributed by atoms with Crippen LogP contribution < -0.4 is 0 Å². The zero-order valence-electron chi connectivity index (χ0n) is 20.7. The van der Waals surface area contributed by atoms with Crippen molar-refractivity contribution in [3.05, 3.63) is 41.5 Å². The quantitative estimate of drug-likeness (QED) is 0.607. The minimum Gasteiger partial charge on any atom is -0.299 e. The van der Waals surface area contributed by atoms with Crippen LogP contribution in [0.1, 0.15) is 66.6 Å². The van der Waals surface area contributed by atoms with Crippen LogP contribution in [0.15, 0.2) is 40.8 Å². The Morgan fingerprint density at radius 1 is 1.03 bits per heavy atom. The highest BCUT2D eigenvalue weighted by atomic mass is 32.2. The van der Waals surface area contributed by atoms with Crippen LogP contribution in [0.4, 0.5) is 0 Å². The van der Waals surface area contributed by atoms with Gasteiger partial charge in [0.05, 0.1) is 14.2 Å². The molecule has 3 saturated carbocycles. The molecule has 172 valence electrons. The van der Waals surface area contributed by atoms with Crippen molar-refractivity contribution in [1.82, 2.24) is 0 Å². The van der Waals surface area contributed by atoms with Gasteiger partial charge < -0.3 is 0 Å². The summed E-state index contributed by atoms with van der Waals surface area (Å²) in [4.78, 5) is 25.0. The van der Waals surface area contributed by atoms with Crippen LogP contribution in [0.5, 0.6) is 0 Å². The summed E-state index contributed by atoms with van der Waals surface area (Å²) in [6.07, 6.45) is 5.92. The summed E-state index contributed by atoms with van der Waals surface area (Å²) >= 11 is 0. The highest BCUT2D eigenvalue weighted by molar-refractivity contribution is 7.86. The fraction of sp³-hybridized carbons (Fsp3) is 0.615. The van der Waals surface area contributed by atoms with Crippen molar-refractivity contribution >= 4 is 21.7 Å². The van der Waals surface area contributed by atoms with E-state index < -0.39 is 22.1 Å². The molecule has 0 amide bonds. The van der Waals surface area contributed by atoms with Crippen molar-refractivity contribution in [1.29, 1.82) is 0 Å². The molecule has 0 radical (unpaired) electrons. The molecule has 0 bridgehead atoms. The summed E-state index contributed by atoms with van der Waals surface area (Å²) in [5, 5.41) is 0. The van der Waals surface area contributed by atoms with E-state index in [0.29, 0.717) is 37.0 Å². The smallest absolute Gasteiger partial charge is 0.297 e. The van der Waals surface area contributed by atoms with Crippen LogP contribution in [0.25, 0.3) is 0 Å². The highest BCUT2D eigenvalue weighted by Gasteiger charge is 2.60. The number of rotatable bonds is 4. The van der Waals surface area contributed by atoms with E-state index in [9.17, 15) is 18.0 Å². The number of carbonyl (C=O) groups excluding carboxylic acids is 2. The van der Waals surface area contributed by atoms with Gasteiger partial charge in [-0.05, 0) is 81.4 Å². The summed E-state index contributed by atoms with van der Waals surface area (Å²) < 4.78 is 50.0. The van der Waals surface area contributed by atoms with Crippen molar-refractivity contribution in [3.63, 3.8) is 0 Å². The van der Waals surface area contributed by atoms with E-state index in [0.717, 1.165) is 18.4 Å². The van der Waals surface area contributed by atoms with Gasteiger partial charge in [-0.25, -0.2) is 0 Å². The number of fused-ring (bicyclic) bond motifs is 5. The van der Waals surface area contributed by atoms with E-state index in [1.54, 1.807) is 18.2 Å². The SMILES string of the molecule is [2H]C([2H])(OS(=O)(=O)c1ccc(C)cc1)[C@@]12CCC(=O)C=C1CC[C@@H]1[C@H]3CCC(=O)[C@]3(C)CC[C@H]12. The molecule has 32 heavy (non-hydrogen) atoms. The molecule has 0 saturated heterocycles. The Hall–Kier alpha value is -1.79. The predicted molar refractivity (Wildman–Crippen MR) is 120 cm³/mol. The Labute approximate surface area is 193 Å². The lowest BCUT2D eigenvalue weighted by atomic mass is 9.47. The van der Waals surface area contributed by atoms with E-state index >= 15 is 0 Å². The third kappa shape index (κ3) is 3.33. The predicted octanol–water partition coefficient (Wildman–Crippen LogP) is 4.78. The Kier molecular flexibility index (Phi) is 4.68. The molecule has 0 unspecified atom stereocenters. The number of hydrogen-bond donors (Lipinski definition) is 0. The van der Waals surface area contributed by atoms with Crippen molar-refractivity contribution < 1.29 is 24.9 Å². The first kappa shape index (κ1) is 19.7. The van der Waals surface area contributed by atoms with Gasteiger partial charge in [-0.1, -0.05) is 30.2 Å². The number of Topliss-reactive ketones (excluding diaryl/α,β-unsaturated/α-hetero) is 1. The molecule has 0 heterocycles. The van der Waals surface area contributed by atoms with Crippen LogP contribution in [0.3, 0.4) is 0 Å². The van der Waals surface area contributed by atoms with E-state index in [1.165, 1.54) is 12.1 Å². The molecule has 5 atom stereocenters. The fourth-order valence-electron chi connectivity index (χ4n) is 7.06. The van der Waals surface area contributed by atoms with Gasteiger partial charge in [-0.2, -0.15) is 8.42 Å². The lowest BCUT2D eigenvalue weighted by Gasteiger charge is -2.57. The highest BCUT2D eigenvalue weighted by Crippen LogP contribution is 2.64. The second kappa shape index (κ2) is 7.63. The minimum absolute atomic E-state index is 0.0436. The fourth-order valence-corrected chi connectivity index (χ4v) is 7.89. The average Bonchev–Trinajstić information content (AvgIpc) is 3.07. The van der Waals surface area contributed by atoms with Crippen LogP contribution >= 0.6 is 0 Å². The van der Waals surface area contributed by atoms with Gasteiger partial charge in [0, 0.05) is 23.7 Å². The number of ketones is 2. The van der Waals surface area contributed by atoms with Crippen molar-refractivity contribution in [2.24, 2.45) is 28.6 Å². The maximum absolute atomic E-state index is 13.2. The van der Waals surface area contributed by atoms with Crippen LogP contribution in [0, 0.1) is 35.5 Å². The van der Waals surface area contributed by atoms with Crippen molar-refractivity contribution in [3.8, 4) is 0 Å². The molecule has 1 aromatic rings. The molecule has 5 rings (SSSR count). The number of carbonyl (C=O) groups is 2. The molecule has 3 fully saturated rings. The Balaban J connectivity index is 1.57. The van der Waals surface area contributed by atoms with Crippen LogP contribution in [0.2, 0.25) is 0 Å². The third-order valence-electron chi connectivity index (χ3n) is 8.84. The second-order valence-corrected chi connectivity index (χ2v) is 11.9. The van der Waals surface area contributed by atoms with Gasteiger partial charge in [-0.3, -0.25) is 13.8 Å². The zero-order chi connectivity index (χ0) is 24.5. The number of hydrogen-bond acceptors (Lipinski definition) is 5. The first-order chi connectivity index (χ1) is 15.9. The molecule has 5 nitrogen and oxygen atoms in total. The second-order valence-electron chi connectivity index (χ2n) is 10.4. The average molecular weight is 459 g/mol. The Morgan fingerprint density at radius 2 is 1.78 bits per heavy atom. The van der Waals surface area contributed by atoms with Crippen molar-refractivity contribution in [2.75, 3.05) is 6.56 Å². The van der Waals surface area contributed by atoms with Gasteiger partial charge >= 0.3 is 0 Å². The molecule has 0 aromatic heterocycles. The maximum Gasteiger partial charge on any atom is 0.297 e. The van der Waals surface area contributed by atoms with Crippen molar-refractivity contribution in [2.45, 2.75) is 70.1 Å². The molecule has 4 aliphatic rings. The first-order valence-corrected chi connectivity index (χ1v) is 13.1.